The monoisotopic (exact) mass is 240 g/mol. The zero-order valence-electron chi connectivity index (χ0n) is 10.3. The van der Waals surface area contributed by atoms with E-state index in [1.807, 2.05) is 23.3 Å². The predicted molar refractivity (Wildman–Crippen MR) is 66.1 cm³/mol. The molecule has 18 heavy (non-hydrogen) atoms. The molecule has 92 valence electrons. The molecule has 3 aliphatic rings. The highest BCUT2D eigenvalue weighted by Crippen LogP contribution is 2.72. The summed E-state index contributed by atoms with van der Waals surface area (Å²) in [5, 5.41) is 11.4. The van der Waals surface area contributed by atoms with E-state index in [-0.39, 0.29) is 17.1 Å². The summed E-state index contributed by atoms with van der Waals surface area (Å²) in [6.45, 7) is 0.725. The van der Waals surface area contributed by atoms with Gasteiger partial charge in [-0.15, -0.1) is 0 Å². The van der Waals surface area contributed by atoms with E-state index >= 15 is 0 Å². The quantitative estimate of drug-likeness (QED) is 0.797. The molecule has 1 heterocycles. The van der Waals surface area contributed by atoms with Crippen LogP contribution in [0.5, 0.6) is 0 Å². The van der Waals surface area contributed by atoms with Gasteiger partial charge in [0.1, 0.15) is 6.04 Å². The maximum atomic E-state index is 9.48. The average Bonchev–Trinajstić information content (AvgIpc) is 3.24. The lowest BCUT2D eigenvalue weighted by molar-refractivity contribution is -0.174. The van der Waals surface area contributed by atoms with Crippen molar-refractivity contribution in [2.24, 2.45) is 5.41 Å². The molecule has 2 spiro atoms. The molecular weight excluding hydrogens is 224 g/mol. The van der Waals surface area contributed by atoms with Crippen LogP contribution >= 0.6 is 0 Å². The zero-order chi connectivity index (χ0) is 12.2. The van der Waals surface area contributed by atoms with Gasteiger partial charge in [0.05, 0.1) is 18.2 Å². The van der Waals surface area contributed by atoms with Crippen LogP contribution in [0, 0.1) is 16.7 Å². The van der Waals surface area contributed by atoms with Gasteiger partial charge in [0.2, 0.25) is 0 Å². The van der Waals surface area contributed by atoms with Crippen molar-refractivity contribution < 1.29 is 4.84 Å². The van der Waals surface area contributed by atoms with Crippen LogP contribution in [0.1, 0.15) is 31.2 Å². The van der Waals surface area contributed by atoms with Gasteiger partial charge in [-0.05, 0) is 31.2 Å². The highest BCUT2D eigenvalue weighted by Gasteiger charge is 2.76. The first kappa shape index (κ1) is 10.5. The normalized spacial score (nSPS) is 30.5. The summed E-state index contributed by atoms with van der Waals surface area (Å²) in [5.74, 6) is 0. The molecule has 1 saturated heterocycles. The van der Waals surface area contributed by atoms with Crippen molar-refractivity contribution >= 4 is 0 Å². The summed E-state index contributed by atoms with van der Waals surface area (Å²) in [6, 6.07) is 12.7. The first-order chi connectivity index (χ1) is 8.80. The molecule has 0 radical (unpaired) electrons. The molecule has 2 saturated carbocycles. The van der Waals surface area contributed by atoms with Gasteiger partial charge in [0, 0.05) is 5.41 Å². The van der Waals surface area contributed by atoms with E-state index in [1.165, 1.54) is 5.56 Å². The average molecular weight is 240 g/mol. The fourth-order valence-corrected chi connectivity index (χ4v) is 3.53. The Morgan fingerprint density at radius 1 is 1.22 bits per heavy atom. The number of fused-ring (bicyclic) bond motifs is 1. The van der Waals surface area contributed by atoms with Crippen molar-refractivity contribution in [1.82, 2.24) is 5.06 Å². The summed E-state index contributed by atoms with van der Waals surface area (Å²) in [4.78, 5) is 6.16. The second kappa shape index (κ2) is 3.34. The molecule has 3 heteroatoms. The van der Waals surface area contributed by atoms with Crippen LogP contribution in [0.2, 0.25) is 0 Å². The van der Waals surface area contributed by atoms with E-state index in [2.05, 4.69) is 18.2 Å². The molecule has 0 aromatic heterocycles. The number of hydroxylamine groups is 2. The summed E-state index contributed by atoms with van der Waals surface area (Å²) >= 11 is 0. The molecule has 1 aromatic carbocycles. The number of hydrogen-bond donors (Lipinski definition) is 0. The van der Waals surface area contributed by atoms with Gasteiger partial charge in [-0.25, -0.2) is 0 Å². The summed E-state index contributed by atoms with van der Waals surface area (Å²) in [6.07, 6.45) is 4.60. The van der Waals surface area contributed by atoms with Crippen LogP contribution in [-0.4, -0.2) is 16.7 Å². The Hall–Kier alpha value is -1.37. The lowest BCUT2D eigenvalue weighted by Crippen LogP contribution is -2.31. The fourth-order valence-electron chi connectivity index (χ4n) is 3.53. The molecule has 1 aromatic rings. The Morgan fingerprint density at radius 3 is 2.50 bits per heavy atom. The molecule has 1 aliphatic heterocycles. The van der Waals surface area contributed by atoms with Gasteiger partial charge in [-0.2, -0.15) is 10.3 Å². The minimum atomic E-state index is -0.0554. The third-order valence-electron chi connectivity index (χ3n) is 4.81. The number of hydrogen-bond acceptors (Lipinski definition) is 3. The van der Waals surface area contributed by atoms with Crippen LogP contribution in [0.4, 0.5) is 0 Å². The molecule has 3 fully saturated rings. The van der Waals surface area contributed by atoms with Crippen molar-refractivity contribution in [2.45, 2.75) is 43.9 Å². The number of nitriles is 1. The highest BCUT2D eigenvalue weighted by molar-refractivity contribution is 5.29. The lowest BCUT2D eigenvalue weighted by atomic mass is 9.90. The number of rotatable bonds is 2. The molecule has 2 aliphatic carbocycles. The molecule has 1 unspecified atom stereocenters. The molecule has 1 atom stereocenters. The van der Waals surface area contributed by atoms with E-state index in [1.54, 1.807) is 0 Å². The Bertz CT molecular complexity index is 511. The lowest BCUT2D eigenvalue weighted by Gasteiger charge is -2.18. The summed E-state index contributed by atoms with van der Waals surface area (Å²) in [7, 11) is 0. The van der Waals surface area contributed by atoms with Crippen LogP contribution in [0.15, 0.2) is 30.3 Å². The van der Waals surface area contributed by atoms with Gasteiger partial charge >= 0.3 is 0 Å². The Labute approximate surface area is 107 Å². The zero-order valence-corrected chi connectivity index (χ0v) is 10.3. The maximum absolute atomic E-state index is 9.48. The van der Waals surface area contributed by atoms with Crippen LogP contribution in [0.3, 0.4) is 0 Å². The van der Waals surface area contributed by atoms with Crippen molar-refractivity contribution in [2.75, 3.05) is 0 Å². The second-order valence-electron chi connectivity index (χ2n) is 5.83. The smallest absolute Gasteiger partial charge is 0.131 e. The van der Waals surface area contributed by atoms with Gasteiger partial charge < -0.3 is 0 Å². The van der Waals surface area contributed by atoms with Gasteiger partial charge in [0.25, 0.3) is 0 Å². The molecular formula is C15H16N2O. The van der Waals surface area contributed by atoms with Gasteiger partial charge in [0.15, 0.2) is 0 Å². The molecule has 3 nitrogen and oxygen atoms in total. The van der Waals surface area contributed by atoms with Crippen LogP contribution < -0.4 is 0 Å². The number of benzene rings is 1. The molecule has 0 amide bonds. The molecule has 0 N–H and O–H groups in total. The second-order valence-corrected chi connectivity index (χ2v) is 5.83. The SMILES string of the molecule is N#CC1N(Cc2ccccc2)OC2(CC2)C12CC2. The van der Waals surface area contributed by atoms with E-state index in [9.17, 15) is 5.26 Å². The molecule has 4 rings (SSSR count). The minimum absolute atomic E-state index is 0.0299. The third kappa shape index (κ3) is 1.25. The first-order valence-corrected chi connectivity index (χ1v) is 6.69. The minimum Gasteiger partial charge on any atom is -0.290 e. The van der Waals surface area contributed by atoms with E-state index in [4.69, 9.17) is 4.84 Å². The topological polar surface area (TPSA) is 36.3 Å². The summed E-state index contributed by atoms with van der Waals surface area (Å²) in [5.41, 5.74) is 1.41. The largest absolute Gasteiger partial charge is 0.290 e. The predicted octanol–water partition coefficient (Wildman–Crippen LogP) is 2.64. The standard InChI is InChI=1S/C15H16N2O/c16-10-13-14(6-7-14)15(8-9-15)18-17(13)11-12-4-2-1-3-5-12/h1-5,13H,6-9,11H2. The Kier molecular flexibility index (Phi) is 1.96. The third-order valence-corrected chi connectivity index (χ3v) is 4.81. The maximum Gasteiger partial charge on any atom is 0.131 e. The van der Waals surface area contributed by atoms with Gasteiger partial charge in [-0.3, -0.25) is 4.84 Å². The van der Waals surface area contributed by atoms with Gasteiger partial charge in [-0.1, -0.05) is 30.3 Å². The van der Waals surface area contributed by atoms with Crippen molar-refractivity contribution in [3.8, 4) is 6.07 Å². The first-order valence-electron chi connectivity index (χ1n) is 6.69. The fraction of sp³-hybridized carbons (Fsp3) is 0.533. The van der Waals surface area contributed by atoms with E-state index in [0.29, 0.717) is 0 Å². The Balaban J connectivity index is 1.61. The van der Waals surface area contributed by atoms with E-state index in [0.717, 1.165) is 32.2 Å². The van der Waals surface area contributed by atoms with Crippen molar-refractivity contribution in [1.29, 1.82) is 5.26 Å². The van der Waals surface area contributed by atoms with Crippen molar-refractivity contribution in [3.05, 3.63) is 35.9 Å². The number of nitrogens with zero attached hydrogens (tertiary/aromatic N) is 2. The molecule has 0 bridgehead atoms. The van der Waals surface area contributed by atoms with Crippen molar-refractivity contribution in [3.63, 3.8) is 0 Å². The highest BCUT2D eigenvalue weighted by atomic mass is 16.7. The van der Waals surface area contributed by atoms with Crippen LogP contribution in [0.25, 0.3) is 0 Å². The summed E-state index contributed by atoms with van der Waals surface area (Å²) < 4.78 is 0. The Morgan fingerprint density at radius 2 is 1.94 bits per heavy atom. The van der Waals surface area contributed by atoms with Crippen LogP contribution in [-0.2, 0) is 11.4 Å². The van der Waals surface area contributed by atoms with E-state index < -0.39 is 0 Å².